The highest BCUT2D eigenvalue weighted by Crippen LogP contribution is 2.38. The van der Waals surface area contributed by atoms with E-state index in [4.69, 9.17) is 23.2 Å². The van der Waals surface area contributed by atoms with Gasteiger partial charge in [-0.05, 0) is 61.7 Å². The topological polar surface area (TPSA) is 49.4 Å². The van der Waals surface area contributed by atoms with Crippen molar-refractivity contribution in [2.75, 3.05) is 10.2 Å². The van der Waals surface area contributed by atoms with Crippen LogP contribution in [0.1, 0.15) is 22.3 Å². The number of halogens is 2. The highest BCUT2D eigenvalue weighted by molar-refractivity contribution is 6.48. The molecule has 0 aromatic heterocycles. The molecular formula is C25H20Cl2N2O2. The maximum atomic E-state index is 13.6. The number of carbonyl (C=O) groups excluding carboxylic acids is 2. The minimum Gasteiger partial charge on any atom is -0.350 e. The van der Waals surface area contributed by atoms with Gasteiger partial charge in [-0.25, -0.2) is 4.90 Å². The first-order valence-electron chi connectivity index (χ1n) is 9.76. The van der Waals surface area contributed by atoms with Crippen molar-refractivity contribution in [3.05, 3.63) is 98.7 Å². The fourth-order valence-electron chi connectivity index (χ4n) is 3.71. The first kappa shape index (κ1) is 21.2. The molecule has 1 aliphatic heterocycles. The molecule has 0 bridgehead atoms. The van der Waals surface area contributed by atoms with Crippen molar-refractivity contribution in [1.82, 2.24) is 0 Å². The number of benzene rings is 3. The van der Waals surface area contributed by atoms with E-state index in [2.05, 4.69) is 5.32 Å². The van der Waals surface area contributed by atoms with Crippen LogP contribution in [0.2, 0.25) is 10.0 Å². The van der Waals surface area contributed by atoms with Crippen LogP contribution in [0.15, 0.2) is 66.4 Å². The Bertz CT molecular complexity index is 1260. The molecule has 0 atom stereocenters. The number of hydrogen-bond acceptors (Lipinski definition) is 3. The smallest absolute Gasteiger partial charge is 0.282 e. The van der Waals surface area contributed by atoms with Crippen LogP contribution in [-0.2, 0) is 9.59 Å². The van der Waals surface area contributed by atoms with Gasteiger partial charge < -0.3 is 5.32 Å². The second kappa shape index (κ2) is 8.22. The molecule has 1 N–H and O–H groups in total. The molecule has 4 nitrogen and oxygen atoms in total. The highest BCUT2D eigenvalue weighted by atomic mass is 35.5. The van der Waals surface area contributed by atoms with Crippen LogP contribution in [0.25, 0.3) is 5.57 Å². The summed E-state index contributed by atoms with van der Waals surface area (Å²) in [6, 6.07) is 18.0. The van der Waals surface area contributed by atoms with Gasteiger partial charge in [0, 0.05) is 10.7 Å². The van der Waals surface area contributed by atoms with Crippen LogP contribution < -0.4 is 10.2 Å². The molecule has 3 aromatic carbocycles. The number of nitrogens with one attached hydrogen (secondary N) is 1. The Morgan fingerprint density at radius 1 is 0.806 bits per heavy atom. The normalized spacial score (nSPS) is 13.9. The van der Waals surface area contributed by atoms with Crippen LogP contribution in [0.4, 0.5) is 11.4 Å². The summed E-state index contributed by atoms with van der Waals surface area (Å²) in [7, 11) is 0. The Kier molecular flexibility index (Phi) is 5.61. The quantitative estimate of drug-likeness (QED) is 0.473. The van der Waals surface area contributed by atoms with E-state index in [0.717, 1.165) is 21.6 Å². The largest absolute Gasteiger partial charge is 0.350 e. The molecule has 0 aliphatic carbocycles. The third-order valence-electron chi connectivity index (χ3n) is 5.29. The zero-order chi connectivity index (χ0) is 22.3. The van der Waals surface area contributed by atoms with E-state index < -0.39 is 11.8 Å². The van der Waals surface area contributed by atoms with Gasteiger partial charge in [0.25, 0.3) is 11.8 Å². The maximum absolute atomic E-state index is 13.6. The Labute approximate surface area is 191 Å². The molecule has 6 heteroatoms. The van der Waals surface area contributed by atoms with E-state index in [1.54, 1.807) is 36.4 Å². The van der Waals surface area contributed by atoms with Crippen molar-refractivity contribution in [1.29, 1.82) is 0 Å². The SMILES string of the molecule is Cc1ccc(C2=C(Nc3cc(Cl)ccc3C)C(=O)N(c3ccccc3Cl)C2=O)c(C)c1. The number of amides is 2. The molecule has 1 aliphatic rings. The van der Waals surface area contributed by atoms with Crippen molar-refractivity contribution in [2.45, 2.75) is 20.8 Å². The second-order valence-corrected chi connectivity index (χ2v) is 8.39. The summed E-state index contributed by atoms with van der Waals surface area (Å²) in [5.41, 5.74) is 5.08. The summed E-state index contributed by atoms with van der Waals surface area (Å²) in [6.07, 6.45) is 0. The molecule has 0 radical (unpaired) electrons. The zero-order valence-corrected chi connectivity index (χ0v) is 18.8. The average Bonchev–Trinajstić information content (AvgIpc) is 2.95. The lowest BCUT2D eigenvalue weighted by Crippen LogP contribution is -2.32. The number of rotatable bonds is 4. The minimum atomic E-state index is -0.465. The van der Waals surface area contributed by atoms with Gasteiger partial charge in [-0.1, -0.05) is 65.2 Å². The summed E-state index contributed by atoms with van der Waals surface area (Å²) >= 11 is 12.5. The number of hydrogen-bond donors (Lipinski definition) is 1. The Balaban J connectivity index is 1.91. The molecule has 2 amide bonds. The third kappa shape index (κ3) is 3.85. The van der Waals surface area contributed by atoms with E-state index in [-0.39, 0.29) is 5.70 Å². The van der Waals surface area contributed by atoms with E-state index in [1.165, 1.54) is 0 Å². The molecule has 0 saturated heterocycles. The minimum absolute atomic E-state index is 0.197. The van der Waals surface area contributed by atoms with Gasteiger partial charge >= 0.3 is 0 Å². The van der Waals surface area contributed by atoms with Gasteiger partial charge in [0.05, 0.1) is 16.3 Å². The Morgan fingerprint density at radius 2 is 1.55 bits per heavy atom. The Hall–Kier alpha value is -3.08. The number of imide groups is 1. The van der Waals surface area contributed by atoms with Gasteiger partial charge in [0.1, 0.15) is 5.70 Å². The van der Waals surface area contributed by atoms with Crippen LogP contribution >= 0.6 is 23.2 Å². The number of para-hydroxylation sites is 1. The van der Waals surface area contributed by atoms with E-state index in [0.29, 0.717) is 32.6 Å². The van der Waals surface area contributed by atoms with Crippen molar-refractivity contribution in [3.63, 3.8) is 0 Å². The predicted octanol–water partition coefficient (Wildman–Crippen LogP) is 6.32. The molecule has 0 spiro atoms. The lowest BCUT2D eigenvalue weighted by Gasteiger charge is -2.17. The van der Waals surface area contributed by atoms with Crippen LogP contribution in [0.5, 0.6) is 0 Å². The number of anilines is 2. The van der Waals surface area contributed by atoms with Gasteiger partial charge in [-0.2, -0.15) is 0 Å². The molecule has 0 saturated carbocycles. The number of carbonyl (C=O) groups is 2. The van der Waals surface area contributed by atoms with Crippen LogP contribution in [0, 0.1) is 20.8 Å². The molecule has 3 aromatic rings. The van der Waals surface area contributed by atoms with Crippen LogP contribution in [0.3, 0.4) is 0 Å². The number of aryl methyl sites for hydroxylation is 3. The first-order chi connectivity index (χ1) is 14.8. The number of nitrogens with zero attached hydrogens (tertiary/aromatic N) is 1. The van der Waals surface area contributed by atoms with Crippen molar-refractivity contribution in [2.24, 2.45) is 0 Å². The Morgan fingerprint density at radius 3 is 2.26 bits per heavy atom. The predicted molar refractivity (Wildman–Crippen MR) is 127 cm³/mol. The average molecular weight is 451 g/mol. The lowest BCUT2D eigenvalue weighted by atomic mass is 9.97. The highest BCUT2D eigenvalue weighted by Gasteiger charge is 2.41. The third-order valence-corrected chi connectivity index (χ3v) is 5.84. The van der Waals surface area contributed by atoms with Crippen molar-refractivity contribution in [3.8, 4) is 0 Å². The second-order valence-electron chi connectivity index (χ2n) is 7.55. The maximum Gasteiger partial charge on any atom is 0.282 e. The zero-order valence-electron chi connectivity index (χ0n) is 17.3. The van der Waals surface area contributed by atoms with Gasteiger partial charge in [0.2, 0.25) is 0 Å². The van der Waals surface area contributed by atoms with E-state index in [9.17, 15) is 9.59 Å². The van der Waals surface area contributed by atoms with Crippen LogP contribution in [-0.4, -0.2) is 11.8 Å². The van der Waals surface area contributed by atoms with Gasteiger partial charge in [-0.3, -0.25) is 9.59 Å². The van der Waals surface area contributed by atoms with Crippen molar-refractivity contribution >= 4 is 52.0 Å². The molecule has 31 heavy (non-hydrogen) atoms. The fourth-order valence-corrected chi connectivity index (χ4v) is 4.10. The molecule has 0 unspecified atom stereocenters. The summed E-state index contributed by atoms with van der Waals surface area (Å²) in [4.78, 5) is 28.2. The summed E-state index contributed by atoms with van der Waals surface area (Å²) in [5, 5.41) is 4.03. The lowest BCUT2D eigenvalue weighted by molar-refractivity contribution is -0.120. The molecule has 156 valence electrons. The summed E-state index contributed by atoms with van der Waals surface area (Å²) < 4.78 is 0. The summed E-state index contributed by atoms with van der Waals surface area (Å²) in [6.45, 7) is 5.81. The molecule has 1 heterocycles. The monoisotopic (exact) mass is 450 g/mol. The first-order valence-corrected chi connectivity index (χ1v) is 10.5. The molecule has 4 rings (SSSR count). The van der Waals surface area contributed by atoms with Gasteiger partial charge in [0.15, 0.2) is 0 Å². The van der Waals surface area contributed by atoms with E-state index in [1.807, 2.05) is 45.0 Å². The summed E-state index contributed by atoms with van der Waals surface area (Å²) in [5.74, 6) is -0.889. The van der Waals surface area contributed by atoms with E-state index >= 15 is 0 Å². The molecule has 0 fully saturated rings. The standard InChI is InChI=1S/C25H20Cl2N2O2/c1-14-8-11-18(16(3)12-14)22-23(28-20-13-17(26)10-9-15(20)2)25(31)29(24(22)30)21-7-5-4-6-19(21)27/h4-13,28H,1-3H3. The van der Waals surface area contributed by atoms with Crippen molar-refractivity contribution < 1.29 is 9.59 Å². The van der Waals surface area contributed by atoms with Gasteiger partial charge in [-0.15, -0.1) is 0 Å². The molecular weight excluding hydrogens is 431 g/mol. The fraction of sp³-hybridized carbons (Fsp3) is 0.120.